The largest absolute Gasteiger partial charge is 0.397 e. The van der Waals surface area contributed by atoms with Crippen molar-refractivity contribution in [1.29, 1.82) is 0 Å². The monoisotopic (exact) mass is 440 g/mol. The summed E-state index contributed by atoms with van der Waals surface area (Å²) in [6.45, 7) is 2.85. The first-order valence-corrected chi connectivity index (χ1v) is 11.4. The van der Waals surface area contributed by atoms with Crippen molar-refractivity contribution in [3.63, 3.8) is 0 Å². The second kappa shape index (κ2) is 8.41. The van der Waals surface area contributed by atoms with Crippen LogP contribution in [0.1, 0.15) is 5.56 Å². The molecule has 0 radical (unpaired) electrons. The summed E-state index contributed by atoms with van der Waals surface area (Å²) in [6.07, 6.45) is 0. The van der Waals surface area contributed by atoms with E-state index in [1.54, 1.807) is 13.0 Å². The second-order valence-electron chi connectivity index (χ2n) is 5.19. The summed E-state index contributed by atoms with van der Waals surface area (Å²) in [5.74, 6) is -0.829. The summed E-state index contributed by atoms with van der Waals surface area (Å²) in [4.78, 5) is 6.98. The Bertz CT molecular complexity index is 1150. The van der Waals surface area contributed by atoms with E-state index in [1.807, 2.05) is 6.79 Å². The second-order valence-corrected chi connectivity index (χ2v) is 9.78. The Hall–Kier alpha value is -1.90. The van der Waals surface area contributed by atoms with Crippen LogP contribution >= 0.6 is 0 Å². The molecule has 2 aromatic carbocycles. The van der Waals surface area contributed by atoms with Crippen LogP contribution in [0.3, 0.4) is 0 Å². The van der Waals surface area contributed by atoms with Gasteiger partial charge in [-0.1, -0.05) is 23.8 Å². The third kappa shape index (κ3) is 6.34. The number of benzene rings is 2. The minimum atomic E-state index is -4.81. The molecular weight excluding hydrogens is 424 g/mol. The number of aryl methyl sites for hydroxylation is 1. The van der Waals surface area contributed by atoms with E-state index in [0.717, 1.165) is 12.1 Å². The van der Waals surface area contributed by atoms with Gasteiger partial charge in [-0.15, -0.1) is 0 Å². The Morgan fingerprint density at radius 2 is 1.56 bits per heavy atom. The summed E-state index contributed by atoms with van der Waals surface area (Å²) >= 11 is 0. The lowest BCUT2D eigenvalue weighted by Crippen LogP contribution is -2.16. The summed E-state index contributed by atoms with van der Waals surface area (Å²) in [7, 11) is -13.7. The lowest BCUT2D eigenvalue weighted by Gasteiger charge is -2.11. The van der Waals surface area contributed by atoms with Gasteiger partial charge in [0.05, 0.1) is 22.2 Å². The molecular formula is C14H16O10S3. The van der Waals surface area contributed by atoms with Crippen LogP contribution in [0, 0.1) is 6.92 Å². The van der Waals surface area contributed by atoms with Crippen molar-refractivity contribution in [2.45, 2.75) is 16.7 Å². The van der Waals surface area contributed by atoms with Crippen molar-refractivity contribution in [2.24, 2.45) is 0 Å². The first kappa shape index (κ1) is 23.1. The summed E-state index contributed by atoms with van der Waals surface area (Å²) in [5.41, 5.74) is 0.706. The molecule has 0 aliphatic carbocycles. The fourth-order valence-corrected chi connectivity index (χ4v) is 4.53. The fraction of sp³-hybridized carbons (Fsp3) is 0.214. The van der Waals surface area contributed by atoms with Crippen molar-refractivity contribution in [1.82, 2.24) is 0 Å². The minimum absolute atomic E-state index is 0.208. The first-order chi connectivity index (χ1) is 12.3. The van der Waals surface area contributed by atoms with Gasteiger partial charge >= 0.3 is 10.4 Å². The summed E-state index contributed by atoms with van der Waals surface area (Å²) < 4.78 is 90.5. The zero-order valence-electron chi connectivity index (χ0n) is 13.9. The maximum atomic E-state index is 12.5. The van der Waals surface area contributed by atoms with Gasteiger partial charge in [0, 0.05) is 5.39 Å². The van der Waals surface area contributed by atoms with E-state index in [0.29, 0.717) is 5.56 Å². The highest BCUT2D eigenvalue weighted by atomic mass is 32.3. The van der Waals surface area contributed by atoms with Crippen LogP contribution < -0.4 is 0 Å². The number of fused-ring (bicyclic) bond motifs is 1. The van der Waals surface area contributed by atoms with Gasteiger partial charge in [-0.25, -0.2) is 12.6 Å². The molecule has 0 saturated carbocycles. The molecule has 0 aliphatic rings. The zero-order chi connectivity index (χ0) is 21.0. The molecule has 0 atom stereocenters. The van der Waals surface area contributed by atoms with Crippen LogP contribution in [-0.2, 0) is 39.3 Å². The maximum absolute atomic E-state index is 12.5. The van der Waals surface area contributed by atoms with Crippen LogP contribution in [0.25, 0.3) is 10.8 Å². The van der Waals surface area contributed by atoms with E-state index in [4.69, 9.17) is 9.35 Å². The zero-order valence-corrected chi connectivity index (χ0v) is 16.3. The Kier molecular flexibility index (Phi) is 7.21. The van der Waals surface area contributed by atoms with E-state index in [1.165, 1.54) is 12.1 Å². The van der Waals surface area contributed by atoms with Crippen molar-refractivity contribution in [3.05, 3.63) is 35.9 Å². The van der Waals surface area contributed by atoms with Crippen molar-refractivity contribution < 1.29 is 43.3 Å². The molecule has 0 fully saturated rings. The molecule has 0 saturated heterocycles. The summed E-state index contributed by atoms with van der Waals surface area (Å²) in [6, 6.07) is 6.55. The van der Waals surface area contributed by atoms with Crippen molar-refractivity contribution in [3.8, 4) is 0 Å². The van der Waals surface area contributed by atoms with Crippen molar-refractivity contribution >= 4 is 47.9 Å². The molecule has 0 unspecified atom stereocenters. The average molecular weight is 440 g/mol. The third-order valence-corrected chi connectivity index (χ3v) is 6.27. The molecule has 0 spiro atoms. The van der Waals surface area contributed by atoms with Gasteiger partial charge in [0.15, 0.2) is 9.84 Å². The number of carbonyl (C=O) groups is 1. The number of rotatable bonds is 6. The summed E-state index contributed by atoms with van der Waals surface area (Å²) in [5, 5.41) is 0.467. The van der Waals surface area contributed by atoms with Crippen LogP contribution in [0.4, 0.5) is 0 Å². The van der Waals surface area contributed by atoms with Crippen LogP contribution in [0.2, 0.25) is 0 Å². The van der Waals surface area contributed by atoms with Gasteiger partial charge in [-0.05, 0) is 24.4 Å². The van der Waals surface area contributed by atoms with Crippen LogP contribution in [0.5, 0.6) is 0 Å². The van der Waals surface area contributed by atoms with Gasteiger partial charge in [0.25, 0.3) is 10.1 Å². The molecule has 0 aliphatic heterocycles. The smallest absolute Gasteiger partial charge is 0.307 e. The molecule has 10 nitrogen and oxygen atoms in total. The predicted molar refractivity (Wildman–Crippen MR) is 95.2 cm³/mol. The lowest BCUT2D eigenvalue weighted by atomic mass is 10.1. The fourth-order valence-electron chi connectivity index (χ4n) is 2.18. The Morgan fingerprint density at radius 1 is 0.963 bits per heavy atom. The van der Waals surface area contributed by atoms with E-state index >= 15 is 0 Å². The van der Waals surface area contributed by atoms with Gasteiger partial charge < -0.3 is 4.79 Å². The minimum Gasteiger partial charge on any atom is -0.307 e. The van der Waals surface area contributed by atoms with Gasteiger partial charge in [0.1, 0.15) is 6.79 Å². The van der Waals surface area contributed by atoms with E-state index < -0.39 is 52.5 Å². The van der Waals surface area contributed by atoms with E-state index in [9.17, 15) is 29.8 Å². The maximum Gasteiger partial charge on any atom is 0.397 e. The molecule has 13 heteroatoms. The van der Waals surface area contributed by atoms with Gasteiger partial charge in [-0.3, -0.25) is 9.11 Å². The molecule has 0 bridgehead atoms. The molecule has 2 rings (SSSR count). The molecule has 2 aromatic rings. The SMILES string of the molecule is C=O.Cc1ccc2cc(S(=O)(=O)O)cc(S(=O)(=O)CCOS(=O)(=O)O)c2c1. The lowest BCUT2D eigenvalue weighted by molar-refractivity contribution is -0.0980. The van der Waals surface area contributed by atoms with Gasteiger partial charge in [0.2, 0.25) is 0 Å². The molecule has 27 heavy (non-hydrogen) atoms. The third-order valence-electron chi connectivity index (χ3n) is 3.26. The number of hydrogen-bond donors (Lipinski definition) is 2. The molecule has 150 valence electrons. The standard InChI is InChI=1S/C13H14O9S3.CH2O/c1-9-2-3-10-7-11(24(16,17)18)8-13(12(10)6-9)23(14,15)5-4-22-25(19,20)21;1-2/h2-3,6-8H,4-5H2,1H3,(H,16,17,18)(H,19,20,21);1H2. The first-order valence-electron chi connectivity index (χ1n) is 6.95. The predicted octanol–water partition coefficient (Wildman–Crippen LogP) is 0.803. The van der Waals surface area contributed by atoms with E-state index in [2.05, 4.69) is 4.18 Å². The van der Waals surface area contributed by atoms with E-state index in [-0.39, 0.29) is 10.8 Å². The molecule has 0 heterocycles. The van der Waals surface area contributed by atoms with Gasteiger partial charge in [-0.2, -0.15) is 16.8 Å². The Morgan fingerprint density at radius 3 is 2.07 bits per heavy atom. The molecule has 0 amide bonds. The van der Waals surface area contributed by atoms with Crippen LogP contribution in [-0.4, -0.2) is 53.5 Å². The van der Waals surface area contributed by atoms with Crippen molar-refractivity contribution in [2.75, 3.05) is 12.4 Å². The molecule has 0 aromatic heterocycles. The Balaban J connectivity index is 0.00000176. The number of sulfone groups is 1. The highest BCUT2D eigenvalue weighted by molar-refractivity contribution is 7.91. The highest BCUT2D eigenvalue weighted by Gasteiger charge is 2.23. The molecule has 2 N–H and O–H groups in total. The quantitative estimate of drug-likeness (QED) is 0.613. The number of hydrogen-bond acceptors (Lipinski definition) is 8. The van der Waals surface area contributed by atoms with Crippen LogP contribution in [0.15, 0.2) is 40.1 Å². The average Bonchev–Trinajstić information content (AvgIpc) is 2.53. The topological polar surface area (TPSA) is 169 Å². The highest BCUT2D eigenvalue weighted by Crippen LogP contribution is 2.29. The Labute approximate surface area is 156 Å². The normalized spacial score (nSPS) is 12.4. The number of carbonyl (C=O) groups excluding carboxylic acids is 1.